The highest BCUT2D eigenvalue weighted by atomic mass is 79.9. The number of hydrogen-bond acceptors (Lipinski definition) is 3. The Hall–Kier alpha value is -1.49. The average Bonchev–Trinajstić information content (AvgIpc) is 2.74. The molecule has 2 heterocycles. The fraction of sp³-hybridized carbons (Fsp3) is 0.250. The molecule has 5 heteroatoms. The predicted octanol–water partition coefficient (Wildman–Crippen LogP) is 2.46. The fourth-order valence-electron chi connectivity index (χ4n) is 1.60. The Morgan fingerprint density at radius 2 is 2.18 bits per heavy atom. The monoisotopic (exact) mass is 293 g/mol. The SMILES string of the molecule is Cc1cn(-c2ncc(C(=O)CBr)cc2C)cn1. The van der Waals surface area contributed by atoms with Gasteiger partial charge < -0.3 is 0 Å². The molecule has 0 aliphatic heterocycles. The molecule has 0 aliphatic carbocycles. The molecular weight excluding hydrogens is 282 g/mol. The normalized spacial score (nSPS) is 10.5. The molecule has 0 unspecified atom stereocenters. The zero-order chi connectivity index (χ0) is 12.4. The van der Waals surface area contributed by atoms with Gasteiger partial charge in [-0.15, -0.1) is 0 Å². The van der Waals surface area contributed by atoms with Crippen molar-refractivity contribution in [3.8, 4) is 5.82 Å². The summed E-state index contributed by atoms with van der Waals surface area (Å²) in [7, 11) is 0. The number of halogens is 1. The molecule has 0 N–H and O–H groups in total. The number of aryl methyl sites for hydroxylation is 2. The molecular formula is C12H12BrN3O. The molecule has 0 saturated carbocycles. The third-order valence-corrected chi connectivity index (χ3v) is 2.96. The molecule has 0 spiro atoms. The third-order valence-electron chi connectivity index (χ3n) is 2.45. The lowest BCUT2D eigenvalue weighted by atomic mass is 10.1. The number of rotatable bonds is 3. The maximum absolute atomic E-state index is 11.5. The quantitative estimate of drug-likeness (QED) is 0.645. The zero-order valence-corrected chi connectivity index (χ0v) is 11.2. The van der Waals surface area contributed by atoms with Crippen LogP contribution in [0, 0.1) is 13.8 Å². The van der Waals surface area contributed by atoms with E-state index in [9.17, 15) is 4.79 Å². The van der Waals surface area contributed by atoms with Gasteiger partial charge >= 0.3 is 0 Å². The lowest BCUT2D eigenvalue weighted by Gasteiger charge is -2.06. The summed E-state index contributed by atoms with van der Waals surface area (Å²) in [5, 5.41) is 0.317. The van der Waals surface area contributed by atoms with Crippen LogP contribution in [-0.4, -0.2) is 25.6 Å². The van der Waals surface area contributed by atoms with Gasteiger partial charge in [0.2, 0.25) is 0 Å². The number of imidazole rings is 1. The molecule has 0 aliphatic rings. The minimum Gasteiger partial charge on any atom is -0.293 e. The largest absolute Gasteiger partial charge is 0.293 e. The van der Waals surface area contributed by atoms with Crippen molar-refractivity contribution in [2.45, 2.75) is 13.8 Å². The minimum absolute atomic E-state index is 0.0361. The van der Waals surface area contributed by atoms with E-state index in [0.717, 1.165) is 17.1 Å². The van der Waals surface area contributed by atoms with Crippen molar-refractivity contribution in [3.05, 3.63) is 41.6 Å². The molecule has 0 atom stereocenters. The molecule has 0 radical (unpaired) electrons. The third kappa shape index (κ3) is 2.44. The maximum Gasteiger partial charge on any atom is 0.174 e. The van der Waals surface area contributed by atoms with Crippen LogP contribution in [0.4, 0.5) is 0 Å². The van der Waals surface area contributed by atoms with Gasteiger partial charge in [0.05, 0.1) is 11.0 Å². The summed E-state index contributed by atoms with van der Waals surface area (Å²) in [6.07, 6.45) is 5.22. The van der Waals surface area contributed by atoms with Gasteiger partial charge in [0.25, 0.3) is 0 Å². The van der Waals surface area contributed by atoms with Crippen LogP contribution in [0.25, 0.3) is 5.82 Å². The lowest BCUT2D eigenvalue weighted by molar-refractivity contribution is 0.102. The van der Waals surface area contributed by atoms with Crippen molar-refractivity contribution in [2.24, 2.45) is 0 Å². The van der Waals surface area contributed by atoms with Crippen LogP contribution in [0.15, 0.2) is 24.8 Å². The first-order valence-electron chi connectivity index (χ1n) is 5.18. The van der Waals surface area contributed by atoms with Gasteiger partial charge in [-0.3, -0.25) is 9.36 Å². The van der Waals surface area contributed by atoms with E-state index < -0.39 is 0 Å². The highest BCUT2D eigenvalue weighted by Gasteiger charge is 2.09. The van der Waals surface area contributed by atoms with Crippen molar-refractivity contribution >= 4 is 21.7 Å². The van der Waals surface area contributed by atoms with Crippen molar-refractivity contribution in [1.29, 1.82) is 0 Å². The number of ketones is 1. The van der Waals surface area contributed by atoms with Gasteiger partial charge in [-0.2, -0.15) is 0 Å². The molecule has 4 nitrogen and oxygen atoms in total. The Bertz CT molecular complexity index is 563. The van der Waals surface area contributed by atoms with Crippen molar-refractivity contribution in [2.75, 3.05) is 5.33 Å². The van der Waals surface area contributed by atoms with Crippen LogP contribution < -0.4 is 0 Å². The smallest absolute Gasteiger partial charge is 0.174 e. The minimum atomic E-state index is 0.0361. The number of aromatic nitrogens is 3. The van der Waals surface area contributed by atoms with Crippen LogP contribution >= 0.6 is 15.9 Å². The van der Waals surface area contributed by atoms with E-state index in [0.29, 0.717) is 10.9 Å². The van der Waals surface area contributed by atoms with Crippen molar-refractivity contribution < 1.29 is 4.79 Å². The Kier molecular flexibility index (Phi) is 3.38. The summed E-state index contributed by atoms with van der Waals surface area (Å²) in [4.78, 5) is 20.0. The second-order valence-corrected chi connectivity index (χ2v) is 4.40. The van der Waals surface area contributed by atoms with Crippen molar-refractivity contribution in [1.82, 2.24) is 14.5 Å². The summed E-state index contributed by atoms with van der Waals surface area (Å²) in [6, 6.07) is 1.85. The molecule has 17 heavy (non-hydrogen) atoms. The van der Waals surface area contributed by atoms with E-state index in [1.165, 1.54) is 0 Å². The van der Waals surface area contributed by atoms with Gasteiger partial charge in [-0.1, -0.05) is 15.9 Å². The molecule has 0 amide bonds. The molecule has 0 fully saturated rings. The topological polar surface area (TPSA) is 47.8 Å². The fourth-order valence-corrected chi connectivity index (χ4v) is 1.93. The van der Waals surface area contributed by atoms with Crippen LogP contribution in [0.5, 0.6) is 0 Å². The highest BCUT2D eigenvalue weighted by Crippen LogP contribution is 2.14. The highest BCUT2D eigenvalue weighted by molar-refractivity contribution is 9.09. The molecule has 88 valence electrons. The summed E-state index contributed by atoms with van der Waals surface area (Å²) < 4.78 is 1.85. The maximum atomic E-state index is 11.5. The van der Waals surface area contributed by atoms with Crippen molar-refractivity contribution in [3.63, 3.8) is 0 Å². The molecule has 2 rings (SSSR count). The molecule has 0 aromatic carbocycles. The number of alkyl halides is 1. The molecule has 2 aromatic rings. The van der Waals surface area contributed by atoms with Crippen LogP contribution in [-0.2, 0) is 0 Å². The Labute approximate surface area is 108 Å². The second kappa shape index (κ2) is 4.79. The van der Waals surface area contributed by atoms with Gasteiger partial charge in [0.15, 0.2) is 5.78 Å². The average molecular weight is 294 g/mol. The first kappa shape index (κ1) is 12.0. The first-order chi connectivity index (χ1) is 8.11. The predicted molar refractivity (Wildman–Crippen MR) is 69.0 cm³/mol. The zero-order valence-electron chi connectivity index (χ0n) is 9.64. The first-order valence-corrected chi connectivity index (χ1v) is 6.30. The van der Waals surface area contributed by atoms with E-state index in [4.69, 9.17) is 0 Å². The Morgan fingerprint density at radius 3 is 2.71 bits per heavy atom. The summed E-state index contributed by atoms with van der Waals surface area (Å²) >= 11 is 3.15. The number of carbonyl (C=O) groups excluding carboxylic acids is 1. The van der Waals surface area contributed by atoms with Crippen LogP contribution in [0.2, 0.25) is 0 Å². The standard InChI is InChI=1S/C12H12BrN3O/c1-8-3-10(11(17)4-13)5-14-12(8)16-6-9(2)15-7-16/h3,5-7H,4H2,1-2H3. The van der Waals surface area contributed by atoms with Crippen LogP contribution in [0.1, 0.15) is 21.6 Å². The number of hydrogen-bond donors (Lipinski definition) is 0. The van der Waals surface area contributed by atoms with Crippen LogP contribution in [0.3, 0.4) is 0 Å². The van der Waals surface area contributed by atoms with Gasteiger partial charge in [-0.05, 0) is 25.5 Å². The summed E-state index contributed by atoms with van der Waals surface area (Å²) in [6.45, 7) is 3.86. The van der Waals surface area contributed by atoms with E-state index >= 15 is 0 Å². The molecule has 0 saturated heterocycles. The second-order valence-electron chi connectivity index (χ2n) is 3.84. The Morgan fingerprint density at radius 1 is 1.41 bits per heavy atom. The van der Waals surface area contributed by atoms with E-state index in [-0.39, 0.29) is 5.78 Å². The van der Waals surface area contributed by atoms with E-state index in [1.807, 2.05) is 30.7 Å². The number of Topliss-reactive ketones (excluding diaryl/α,β-unsaturated/α-hetero) is 1. The van der Waals surface area contributed by atoms with E-state index in [2.05, 4.69) is 25.9 Å². The Balaban J connectivity index is 2.41. The van der Waals surface area contributed by atoms with E-state index in [1.54, 1.807) is 12.5 Å². The van der Waals surface area contributed by atoms with Gasteiger partial charge in [0, 0.05) is 18.0 Å². The summed E-state index contributed by atoms with van der Waals surface area (Å²) in [5.74, 6) is 0.839. The van der Waals surface area contributed by atoms with Gasteiger partial charge in [0.1, 0.15) is 12.1 Å². The lowest BCUT2D eigenvalue weighted by Crippen LogP contribution is -2.05. The molecule has 2 aromatic heterocycles. The molecule has 0 bridgehead atoms. The number of nitrogens with zero attached hydrogens (tertiary/aromatic N) is 3. The summed E-state index contributed by atoms with van der Waals surface area (Å²) in [5.41, 5.74) is 2.51. The van der Waals surface area contributed by atoms with Gasteiger partial charge in [-0.25, -0.2) is 9.97 Å². The number of carbonyl (C=O) groups is 1. The number of pyridine rings is 1.